The molecule has 2 aromatic rings. The van der Waals surface area contributed by atoms with E-state index in [9.17, 15) is 31.2 Å². The lowest BCUT2D eigenvalue weighted by atomic mass is 10.0. The molecule has 0 radical (unpaired) electrons. The number of benzene rings is 2. The summed E-state index contributed by atoms with van der Waals surface area (Å²) in [6, 6.07) is 15.8. The van der Waals surface area contributed by atoms with Gasteiger partial charge in [0.15, 0.2) is 0 Å². The third-order valence-electron chi connectivity index (χ3n) is 10.9. The summed E-state index contributed by atoms with van der Waals surface area (Å²) in [4.78, 5) is 39.4. The zero-order valence-corrected chi connectivity index (χ0v) is 39.2. The summed E-state index contributed by atoms with van der Waals surface area (Å²) >= 11 is 0. The van der Waals surface area contributed by atoms with Crippen molar-refractivity contribution in [3.63, 3.8) is 0 Å². The molecule has 62 heavy (non-hydrogen) atoms. The highest BCUT2D eigenvalue weighted by Crippen LogP contribution is 2.17. The molecule has 2 aromatic carbocycles. The molecule has 0 bridgehead atoms. The van der Waals surface area contributed by atoms with E-state index in [2.05, 4.69) is 17.6 Å². The van der Waals surface area contributed by atoms with Crippen LogP contribution in [0.2, 0.25) is 0 Å². The Morgan fingerprint density at radius 2 is 0.919 bits per heavy atom. The lowest BCUT2D eigenvalue weighted by Crippen LogP contribution is -2.52. The molecule has 3 amide bonds. The average Bonchev–Trinajstić information content (AvgIpc) is 3.22. The quantitative estimate of drug-likeness (QED) is 0.0509. The highest BCUT2D eigenvalue weighted by molar-refractivity contribution is 7.88. The zero-order valence-electron chi connectivity index (χ0n) is 37.5. The van der Waals surface area contributed by atoms with E-state index in [0.29, 0.717) is 69.2 Å². The van der Waals surface area contributed by atoms with Gasteiger partial charge in [0.2, 0.25) is 37.8 Å². The lowest BCUT2D eigenvalue weighted by Gasteiger charge is -2.30. The van der Waals surface area contributed by atoms with Crippen LogP contribution in [0.15, 0.2) is 60.7 Å². The maximum Gasteiger partial charge on any atom is 0.235 e. The first-order valence-electron chi connectivity index (χ1n) is 23.1. The van der Waals surface area contributed by atoms with Crippen molar-refractivity contribution in [1.82, 2.24) is 19.2 Å². The molecule has 0 aliphatic heterocycles. The van der Waals surface area contributed by atoms with Gasteiger partial charge in [0.1, 0.15) is 0 Å². The third kappa shape index (κ3) is 25.0. The smallest absolute Gasteiger partial charge is 0.235 e. The van der Waals surface area contributed by atoms with Crippen molar-refractivity contribution in [2.75, 3.05) is 39.3 Å². The SMILES string of the molecule is CCCCCCCCCCCCCCCC(=O)N[C@@H](CCCCN)CN(CC(=O)N[C@@H](CCCCN)CN(CC(N)=O)S(=O)(=O)Cc1ccccc1)S(=O)(=O)Cc1ccccc1. The first kappa shape index (κ1) is 54.7. The van der Waals surface area contributed by atoms with Gasteiger partial charge in [-0.2, -0.15) is 8.61 Å². The fourth-order valence-corrected chi connectivity index (χ4v) is 10.5. The van der Waals surface area contributed by atoms with E-state index in [4.69, 9.17) is 17.2 Å². The molecule has 14 nitrogen and oxygen atoms in total. The number of rotatable bonds is 38. The molecule has 8 N–H and O–H groups in total. The molecule has 0 spiro atoms. The summed E-state index contributed by atoms with van der Waals surface area (Å²) in [6.45, 7) is 1.48. The molecular weight excluding hydrogens is 827 g/mol. The van der Waals surface area contributed by atoms with Crippen molar-refractivity contribution >= 4 is 37.8 Å². The molecule has 2 atom stereocenters. The summed E-state index contributed by atoms with van der Waals surface area (Å²) in [5, 5.41) is 5.94. The molecule has 16 heteroatoms. The highest BCUT2D eigenvalue weighted by Gasteiger charge is 2.31. The molecule has 352 valence electrons. The standard InChI is InChI=1S/C46H79N7O7S2/c1-2-3-4-5-6-7-8-9-10-11-12-13-20-31-45(55)50-42(29-21-23-32-47)35-53(62(59,60)39-41-27-18-15-19-28-41)37-46(56)51-43(30-22-24-33-48)34-52(36-44(49)54)61(57,58)38-40-25-16-14-17-26-40/h14-19,25-28,42-43H,2-13,20-24,29-39,47-48H2,1H3,(H2,49,54)(H,50,55)(H,51,56)/t42-,43-/m0/s1. The lowest BCUT2D eigenvalue weighted by molar-refractivity contribution is -0.122. The number of primary amides is 1. The second-order valence-electron chi connectivity index (χ2n) is 16.6. The van der Waals surface area contributed by atoms with Crippen molar-refractivity contribution in [2.45, 2.75) is 159 Å². The van der Waals surface area contributed by atoms with Gasteiger partial charge in [0.25, 0.3) is 0 Å². The molecule has 0 fully saturated rings. The normalized spacial score (nSPS) is 13.0. The predicted molar refractivity (Wildman–Crippen MR) is 250 cm³/mol. The number of amides is 3. The summed E-state index contributed by atoms with van der Waals surface area (Å²) in [7, 11) is -8.18. The number of hydrogen-bond acceptors (Lipinski definition) is 9. The summed E-state index contributed by atoms with van der Waals surface area (Å²) < 4.78 is 57.7. The van der Waals surface area contributed by atoms with Gasteiger partial charge in [-0.05, 0) is 56.3 Å². The Kier molecular flexibility index (Phi) is 28.5. The minimum Gasteiger partial charge on any atom is -0.369 e. The van der Waals surface area contributed by atoms with Crippen molar-refractivity contribution in [3.05, 3.63) is 71.8 Å². The summed E-state index contributed by atoms with van der Waals surface area (Å²) in [6.07, 6.45) is 19.1. The molecular formula is C46H79N7O7S2. The molecule has 0 saturated heterocycles. The first-order chi connectivity index (χ1) is 29.8. The van der Waals surface area contributed by atoms with Crippen molar-refractivity contribution in [2.24, 2.45) is 17.2 Å². The number of nitrogens with zero attached hydrogens (tertiary/aromatic N) is 2. The van der Waals surface area contributed by atoms with Crippen LogP contribution in [0.4, 0.5) is 0 Å². The molecule has 0 aliphatic rings. The van der Waals surface area contributed by atoms with Crippen molar-refractivity contribution in [1.29, 1.82) is 0 Å². The van der Waals surface area contributed by atoms with E-state index >= 15 is 0 Å². The number of unbranched alkanes of at least 4 members (excludes halogenated alkanes) is 14. The van der Waals surface area contributed by atoms with Crippen LogP contribution in [-0.4, -0.2) is 94.5 Å². The highest BCUT2D eigenvalue weighted by atomic mass is 32.2. The fraction of sp³-hybridized carbons (Fsp3) is 0.674. The van der Waals surface area contributed by atoms with E-state index in [1.165, 1.54) is 57.8 Å². The Morgan fingerprint density at radius 1 is 0.532 bits per heavy atom. The van der Waals surface area contributed by atoms with Gasteiger partial charge >= 0.3 is 0 Å². The minimum absolute atomic E-state index is 0.144. The maximum atomic E-state index is 14.2. The predicted octanol–water partition coefficient (Wildman–Crippen LogP) is 5.84. The molecule has 0 saturated carbocycles. The minimum atomic E-state index is -4.11. The molecule has 0 aromatic heterocycles. The molecule has 0 aliphatic carbocycles. The molecule has 2 rings (SSSR count). The van der Waals surface area contributed by atoms with Gasteiger partial charge in [-0.25, -0.2) is 16.8 Å². The largest absolute Gasteiger partial charge is 0.369 e. The van der Waals surface area contributed by atoms with Crippen LogP contribution in [0, 0.1) is 0 Å². The van der Waals surface area contributed by atoms with E-state index in [1.807, 2.05) is 0 Å². The van der Waals surface area contributed by atoms with Crippen LogP contribution in [0.3, 0.4) is 0 Å². The van der Waals surface area contributed by atoms with E-state index in [1.54, 1.807) is 60.7 Å². The first-order valence-corrected chi connectivity index (χ1v) is 26.3. The monoisotopic (exact) mass is 906 g/mol. The Morgan fingerprint density at radius 3 is 1.32 bits per heavy atom. The van der Waals surface area contributed by atoms with Crippen LogP contribution in [0.5, 0.6) is 0 Å². The van der Waals surface area contributed by atoms with Gasteiger partial charge in [-0.3, -0.25) is 14.4 Å². The van der Waals surface area contributed by atoms with Crippen LogP contribution >= 0.6 is 0 Å². The fourth-order valence-electron chi connectivity index (χ4n) is 7.50. The Balaban J connectivity index is 2.18. The van der Waals surface area contributed by atoms with E-state index in [-0.39, 0.29) is 30.5 Å². The number of carbonyl (C=O) groups is 3. The van der Waals surface area contributed by atoms with E-state index < -0.39 is 57.0 Å². The van der Waals surface area contributed by atoms with Crippen LogP contribution in [0.25, 0.3) is 0 Å². The van der Waals surface area contributed by atoms with Crippen LogP contribution in [-0.2, 0) is 45.9 Å². The Bertz CT molecular complexity index is 1740. The van der Waals surface area contributed by atoms with Gasteiger partial charge < -0.3 is 27.8 Å². The van der Waals surface area contributed by atoms with Gasteiger partial charge in [0.05, 0.1) is 24.6 Å². The van der Waals surface area contributed by atoms with E-state index in [0.717, 1.165) is 34.3 Å². The van der Waals surface area contributed by atoms with Crippen molar-refractivity contribution in [3.8, 4) is 0 Å². The second-order valence-corrected chi connectivity index (χ2v) is 20.6. The van der Waals surface area contributed by atoms with Crippen LogP contribution in [0.1, 0.15) is 146 Å². The van der Waals surface area contributed by atoms with Crippen molar-refractivity contribution < 1.29 is 31.2 Å². The topological polar surface area (TPSA) is 228 Å². The summed E-state index contributed by atoms with van der Waals surface area (Å²) in [5.74, 6) is -2.43. The summed E-state index contributed by atoms with van der Waals surface area (Å²) in [5.41, 5.74) is 18.1. The van der Waals surface area contributed by atoms with Gasteiger partial charge in [-0.1, -0.05) is 157 Å². The second kappa shape index (κ2) is 32.3. The average molecular weight is 906 g/mol. The Hall–Kier alpha value is -3.41. The van der Waals surface area contributed by atoms with Gasteiger partial charge in [-0.15, -0.1) is 0 Å². The Labute approximate surface area is 374 Å². The van der Waals surface area contributed by atoms with Gasteiger partial charge in [0, 0.05) is 31.6 Å². The number of nitrogens with two attached hydrogens (primary N) is 3. The molecule has 0 heterocycles. The molecule has 0 unspecified atom stereocenters. The zero-order chi connectivity index (χ0) is 45.5. The number of hydrogen-bond donors (Lipinski definition) is 5. The number of sulfonamides is 2. The number of nitrogens with one attached hydrogen (secondary N) is 2. The maximum absolute atomic E-state index is 14.2. The third-order valence-corrected chi connectivity index (χ3v) is 14.4. The van der Waals surface area contributed by atoms with Crippen LogP contribution < -0.4 is 27.8 Å². The number of carbonyl (C=O) groups excluding carboxylic acids is 3.